The van der Waals surface area contributed by atoms with Gasteiger partial charge in [-0.1, -0.05) is 0 Å². The number of aliphatic carboxylic acids is 1. The molecule has 1 aromatic carbocycles. The van der Waals surface area contributed by atoms with Crippen LogP contribution in [0.1, 0.15) is 5.56 Å². The Morgan fingerprint density at radius 3 is 2.56 bits per heavy atom. The molecule has 0 spiro atoms. The number of hydrogen-bond acceptors (Lipinski definition) is 3. The largest absolute Gasteiger partial charge is 0.478 e. The Labute approximate surface area is 87.8 Å². The third-order valence-electron chi connectivity index (χ3n) is 1.65. The number of nitro benzene ring substituents is 1. The molecular formula is C9H5F2NO4. The summed E-state index contributed by atoms with van der Waals surface area (Å²) in [6, 6.07) is 1.42. The predicted molar refractivity (Wildman–Crippen MR) is 49.7 cm³/mol. The lowest BCUT2D eigenvalue weighted by Gasteiger charge is -1.98. The second-order valence-corrected chi connectivity index (χ2v) is 2.76. The van der Waals surface area contributed by atoms with Gasteiger partial charge in [0.15, 0.2) is 5.82 Å². The van der Waals surface area contributed by atoms with E-state index in [0.29, 0.717) is 12.1 Å². The van der Waals surface area contributed by atoms with Gasteiger partial charge in [0, 0.05) is 12.1 Å². The lowest BCUT2D eigenvalue weighted by atomic mass is 10.1. The van der Waals surface area contributed by atoms with Crippen LogP contribution in [0.15, 0.2) is 18.2 Å². The third-order valence-corrected chi connectivity index (χ3v) is 1.65. The molecule has 84 valence electrons. The summed E-state index contributed by atoms with van der Waals surface area (Å²) in [6.07, 6.45) is 1.59. The van der Waals surface area contributed by atoms with Gasteiger partial charge < -0.3 is 5.11 Å². The quantitative estimate of drug-likeness (QED) is 0.488. The van der Waals surface area contributed by atoms with E-state index in [4.69, 9.17) is 5.11 Å². The maximum Gasteiger partial charge on any atom is 0.328 e. The van der Waals surface area contributed by atoms with Crippen LogP contribution >= 0.6 is 0 Å². The summed E-state index contributed by atoms with van der Waals surface area (Å²) in [7, 11) is 0. The van der Waals surface area contributed by atoms with Crippen LogP contribution in [-0.2, 0) is 4.79 Å². The van der Waals surface area contributed by atoms with Gasteiger partial charge in [-0.15, -0.1) is 0 Å². The Hall–Kier alpha value is -2.31. The van der Waals surface area contributed by atoms with Crippen molar-refractivity contribution in [1.82, 2.24) is 0 Å². The molecule has 7 heteroatoms. The fraction of sp³-hybridized carbons (Fsp3) is 0. The Kier molecular flexibility index (Phi) is 3.29. The van der Waals surface area contributed by atoms with Crippen LogP contribution < -0.4 is 0 Å². The highest BCUT2D eigenvalue weighted by Crippen LogP contribution is 2.22. The molecule has 0 radical (unpaired) electrons. The van der Waals surface area contributed by atoms with E-state index in [2.05, 4.69) is 0 Å². The first kappa shape index (κ1) is 11.8. The van der Waals surface area contributed by atoms with Crippen molar-refractivity contribution < 1.29 is 23.6 Å². The average Bonchev–Trinajstić information content (AvgIpc) is 2.19. The first-order valence-electron chi connectivity index (χ1n) is 3.96. The van der Waals surface area contributed by atoms with Gasteiger partial charge in [0.25, 0.3) is 0 Å². The van der Waals surface area contributed by atoms with E-state index < -0.39 is 28.2 Å². The highest BCUT2D eigenvalue weighted by Gasteiger charge is 2.19. The summed E-state index contributed by atoms with van der Waals surface area (Å²) >= 11 is 0. The molecular weight excluding hydrogens is 224 g/mol. The number of rotatable bonds is 3. The Balaban J connectivity index is 3.24. The van der Waals surface area contributed by atoms with Crippen LogP contribution in [-0.4, -0.2) is 16.0 Å². The second kappa shape index (κ2) is 4.47. The zero-order chi connectivity index (χ0) is 12.3. The van der Waals surface area contributed by atoms with Crippen LogP contribution in [0.4, 0.5) is 14.5 Å². The van der Waals surface area contributed by atoms with E-state index in [1.807, 2.05) is 0 Å². The second-order valence-electron chi connectivity index (χ2n) is 2.76. The fourth-order valence-electron chi connectivity index (χ4n) is 0.992. The monoisotopic (exact) mass is 229 g/mol. The molecule has 0 aliphatic rings. The van der Waals surface area contributed by atoms with Crippen LogP contribution in [0.2, 0.25) is 0 Å². The molecule has 0 amide bonds. The average molecular weight is 229 g/mol. The molecule has 1 rings (SSSR count). The van der Waals surface area contributed by atoms with E-state index in [0.717, 1.165) is 12.1 Å². The molecule has 0 bridgehead atoms. The molecule has 5 nitrogen and oxygen atoms in total. The summed E-state index contributed by atoms with van der Waals surface area (Å²) < 4.78 is 25.7. The van der Waals surface area contributed by atoms with Crippen molar-refractivity contribution in [1.29, 1.82) is 0 Å². The number of halogens is 2. The van der Waals surface area contributed by atoms with Gasteiger partial charge in [-0.3, -0.25) is 10.1 Å². The molecule has 0 saturated heterocycles. The van der Waals surface area contributed by atoms with E-state index in [-0.39, 0.29) is 5.56 Å². The fourth-order valence-corrected chi connectivity index (χ4v) is 0.992. The van der Waals surface area contributed by atoms with Crippen molar-refractivity contribution in [2.24, 2.45) is 0 Å². The van der Waals surface area contributed by atoms with Gasteiger partial charge in [0.1, 0.15) is 0 Å². The normalized spacial score (nSPS) is 10.6. The topological polar surface area (TPSA) is 80.4 Å². The summed E-state index contributed by atoms with van der Waals surface area (Å²) in [6.45, 7) is 0. The number of nitro groups is 1. The minimum atomic E-state index is -1.57. The summed E-state index contributed by atoms with van der Waals surface area (Å²) in [5, 5.41) is 18.6. The number of carboxylic acids is 1. The van der Waals surface area contributed by atoms with Crippen molar-refractivity contribution >= 4 is 17.7 Å². The number of nitrogens with zero attached hydrogens (tertiary/aromatic N) is 1. The molecule has 0 saturated carbocycles. The smallest absolute Gasteiger partial charge is 0.328 e. The predicted octanol–water partition coefficient (Wildman–Crippen LogP) is 1.97. The summed E-state index contributed by atoms with van der Waals surface area (Å²) in [5.41, 5.74) is -1.14. The van der Waals surface area contributed by atoms with Gasteiger partial charge in [-0.2, -0.15) is 4.39 Å². The molecule has 0 unspecified atom stereocenters. The van der Waals surface area contributed by atoms with Gasteiger partial charge in [0.2, 0.25) is 5.82 Å². The lowest BCUT2D eigenvalue weighted by Crippen LogP contribution is -1.96. The van der Waals surface area contributed by atoms with Crippen LogP contribution in [0.3, 0.4) is 0 Å². The Morgan fingerprint density at radius 2 is 2.06 bits per heavy atom. The number of carbonyl (C=O) groups is 1. The molecule has 0 aromatic heterocycles. The first-order chi connectivity index (χ1) is 7.41. The zero-order valence-corrected chi connectivity index (χ0v) is 7.68. The van der Waals surface area contributed by atoms with E-state index in [9.17, 15) is 23.7 Å². The summed E-state index contributed by atoms with van der Waals surface area (Å²) in [5.74, 6) is -4.27. The molecule has 16 heavy (non-hydrogen) atoms. The maximum absolute atomic E-state index is 12.9. The van der Waals surface area contributed by atoms with Crippen LogP contribution in [0.25, 0.3) is 6.08 Å². The van der Waals surface area contributed by atoms with Gasteiger partial charge in [-0.25, -0.2) is 9.18 Å². The highest BCUT2D eigenvalue weighted by atomic mass is 19.2. The molecule has 1 N–H and O–H groups in total. The van der Waals surface area contributed by atoms with Crippen molar-refractivity contribution in [3.05, 3.63) is 45.5 Å². The maximum atomic E-state index is 12.9. The standard InChI is InChI=1S/C9H5F2NO4/c10-6-3-5(1-2-8(13)14)4-7(9(6)11)12(15)16/h1-4H,(H,13,14). The van der Waals surface area contributed by atoms with E-state index >= 15 is 0 Å². The van der Waals surface area contributed by atoms with Gasteiger partial charge >= 0.3 is 11.7 Å². The Morgan fingerprint density at radius 1 is 1.44 bits per heavy atom. The van der Waals surface area contributed by atoms with Gasteiger partial charge in [-0.05, 0) is 17.7 Å². The number of hydrogen-bond donors (Lipinski definition) is 1. The van der Waals surface area contributed by atoms with Crippen molar-refractivity contribution in [3.8, 4) is 0 Å². The molecule has 0 aliphatic carbocycles. The van der Waals surface area contributed by atoms with E-state index in [1.165, 1.54) is 0 Å². The zero-order valence-electron chi connectivity index (χ0n) is 7.68. The SMILES string of the molecule is O=C(O)C=Cc1cc(F)c(F)c([N+](=O)[O-])c1. The van der Waals surface area contributed by atoms with Crippen LogP contribution in [0.5, 0.6) is 0 Å². The first-order valence-corrected chi connectivity index (χ1v) is 3.96. The molecule has 1 aromatic rings. The molecule has 0 aliphatic heterocycles. The molecule has 0 heterocycles. The minimum Gasteiger partial charge on any atom is -0.478 e. The Bertz CT molecular complexity index is 485. The molecule has 0 fully saturated rings. The lowest BCUT2D eigenvalue weighted by molar-refractivity contribution is -0.387. The van der Waals surface area contributed by atoms with Crippen LogP contribution in [0, 0.1) is 21.7 Å². The van der Waals surface area contributed by atoms with Crippen molar-refractivity contribution in [2.45, 2.75) is 0 Å². The van der Waals surface area contributed by atoms with Gasteiger partial charge in [0.05, 0.1) is 4.92 Å². The number of carboxylic acid groups (broad SMARTS) is 1. The number of benzene rings is 1. The van der Waals surface area contributed by atoms with Crippen molar-refractivity contribution in [3.63, 3.8) is 0 Å². The highest BCUT2D eigenvalue weighted by molar-refractivity contribution is 5.85. The molecule has 0 atom stereocenters. The van der Waals surface area contributed by atoms with E-state index in [1.54, 1.807) is 0 Å². The summed E-state index contributed by atoms with van der Waals surface area (Å²) in [4.78, 5) is 19.4. The third kappa shape index (κ3) is 2.59. The van der Waals surface area contributed by atoms with Crippen molar-refractivity contribution in [2.75, 3.05) is 0 Å². The minimum absolute atomic E-state index is 0.104.